The summed E-state index contributed by atoms with van der Waals surface area (Å²) in [7, 11) is 0. The second-order valence-corrected chi connectivity index (χ2v) is 7.01. The number of rotatable bonds is 7. The van der Waals surface area contributed by atoms with Crippen LogP contribution in [-0.4, -0.2) is 12.2 Å². The largest absolute Gasteiger partial charge is 0.326 e. The van der Waals surface area contributed by atoms with E-state index >= 15 is 0 Å². The topological polar surface area (TPSA) is 46.2 Å². The van der Waals surface area contributed by atoms with Gasteiger partial charge in [0.15, 0.2) is 0 Å². The number of anilines is 1. The van der Waals surface area contributed by atoms with Crippen molar-refractivity contribution in [2.75, 3.05) is 5.32 Å². The lowest BCUT2D eigenvalue weighted by molar-refractivity contribution is -0.116. The van der Waals surface area contributed by atoms with E-state index in [1.165, 1.54) is 5.56 Å². The Kier molecular flexibility index (Phi) is 14.9. The third-order valence-electron chi connectivity index (χ3n) is 3.98. The average molecular weight is 448 g/mol. The van der Waals surface area contributed by atoms with Crippen molar-refractivity contribution in [1.82, 2.24) is 0 Å². The second-order valence-electron chi connectivity index (χ2n) is 6.09. The molecule has 0 aliphatic rings. The van der Waals surface area contributed by atoms with Crippen molar-refractivity contribution in [3.8, 4) is 0 Å². The van der Waals surface area contributed by atoms with E-state index in [0.29, 0.717) is 12.8 Å². The lowest BCUT2D eigenvalue weighted by Gasteiger charge is -2.18. The predicted octanol–water partition coefficient (Wildman–Crippen LogP) is 7.35. The Hall–Kier alpha value is -1.94. The van der Waals surface area contributed by atoms with Crippen LogP contribution >= 0.6 is 15.9 Å². The Morgan fingerprint density at radius 2 is 1.71 bits per heavy atom. The van der Waals surface area contributed by atoms with Gasteiger partial charge in [-0.3, -0.25) is 4.79 Å². The molecular weight excluding hydrogens is 414 g/mol. The minimum Gasteiger partial charge on any atom is -0.326 e. The molecule has 3 nitrogen and oxygen atoms in total. The molecule has 1 unspecified atom stereocenters. The zero-order valence-corrected chi connectivity index (χ0v) is 19.4. The normalized spacial score (nSPS) is 10.5. The fourth-order valence-electron chi connectivity index (χ4n) is 2.48. The summed E-state index contributed by atoms with van der Waals surface area (Å²) < 4.78 is 1.02. The number of hydrogen-bond donors (Lipinski definition) is 1. The van der Waals surface area contributed by atoms with Gasteiger partial charge in [-0.25, -0.2) is 0 Å². The molecule has 0 radical (unpaired) electrons. The van der Waals surface area contributed by atoms with Crippen LogP contribution in [0.15, 0.2) is 53.0 Å². The first kappa shape index (κ1) is 26.1. The van der Waals surface area contributed by atoms with Gasteiger partial charge in [-0.15, -0.1) is 0 Å². The van der Waals surface area contributed by atoms with Crippen LogP contribution in [0.1, 0.15) is 77.3 Å². The minimum absolute atomic E-state index is 0.0886. The molecule has 0 fully saturated rings. The highest BCUT2D eigenvalue weighted by Crippen LogP contribution is 2.32. The van der Waals surface area contributed by atoms with Gasteiger partial charge in [0, 0.05) is 28.9 Å². The van der Waals surface area contributed by atoms with Gasteiger partial charge in [-0.2, -0.15) is 0 Å². The fraction of sp³-hybridized carbons (Fsp3) is 0.417. The number of unbranched alkanes of at least 4 members (excludes halogenated alkanes) is 1. The van der Waals surface area contributed by atoms with Crippen molar-refractivity contribution in [3.05, 3.63) is 64.1 Å². The van der Waals surface area contributed by atoms with Crippen molar-refractivity contribution < 1.29 is 9.59 Å². The third-order valence-corrected chi connectivity index (χ3v) is 4.47. The summed E-state index contributed by atoms with van der Waals surface area (Å²) in [4.78, 5) is 21.2. The Labute approximate surface area is 179 Å². The molecule has 2 aromatic rings. The predicted molar refractivity (Wildman–Crippen MR) is 124 cm³/mol. The van der Waals surface area contributed by atoms with E-state index in [0.717, 1.165) is 34.9 Å². The van der Waals surface area contributed by atoms with Crippen LogP contribution in [0.25, 0.3) is 0 Å². The minimum atomic E-state index is 0.0886. The van der Waals surface area contributed by atoms with Crippen LogP contribution in [0, 0.1) is 0 Å². The van der Waals surface area contributed by atoms with Gasteiger partial charge in [0.1, 0.15) is 6.29 Å². The van der Waals surface area contributed by atoms with E-state index in [2.05, 4.69) is 53.3 Å². The molecule has 1 N–H and O–H groups in total. The van der Waals surface area contributed by atoms with Crippen molar-refractivity contribution in [2.24, 2.45) is 0 Å². The maximum absolute atomic E-state index is 12.0. The molecule has 1 amide bonds. The Balaban J connectivity index is 0.00000108. The molecule has 0 aliphatic carbocycles. The third kappa shape index (κ3) is 9.84. The smallest absolute Gasteiger partial charge is 0.224 e. The number of hydrogen-bond acceptors (Lipinski definition) is 2. The molecule has 2 rings (SSSR count). The number of carbonyl (C=O) groups excluding carboxylic acids is 2. The Morgan fingerprint density at radius 1 is 1.11 bits per heavy atom. The molecule has 0 spiro atoms. The maximum Gasteiger partial charge on any atom is 0.224 e. The first-order valence-corrected chi connectivity index (χ1v) is 10.9. The van der Waals surface area contributed by atoms with Crippen LogP contribution in [0.3, 0.4) is 0 Å². The molecule has 0 saturated heterocycles. The van der Waals surface area contributed by atoms with Crippen molar-refractivity contribution >= 4 is 33.8 Å². The molecule has 154 valence electrons. The van der Waals surface area contributed by atoms with Crippen LogP contribution in [0.5, 0.6) is 0 Å². The summed E-state index contributed by atoms with van der Waals surface area (Å²) in [6, 6.07) is 16.4. The molecule has 0 bridgehead atoms. The average Bonchev–Trinajstić information content (AvgIpc) is 2.75. The number of benzene rings is 2. The molecule has 0 aromatic heterocycles. The number of carbonyl (C=O) groups is 2. The molecule has 28 heavy (non-hydrogen) atoms. The standard InChI is InChI=1S/C19H22BrNO.C3H6O.C2H6/c1-3-4-10-19(22)21-18-12-11-16(20)13-17(18)14(2)15-8-6-5-7-9-15;1-2-3-4;1-2/h5-9,11-14H,3-4,10H2,1-2H3,(H,21,22);3H,2H2,1H3;1-2H3. The highest BCUT2D eigenvalue weighted by atomic mass is 79.9. The van der Waals surface area contributed by atoms with Crippen LogP contribution in [0.2, 0.25) is 0 Å². The Morgan fingerprint density at radius 3 is 2.25 bits per heavy atom. The lowest BCUT2D eigenvalue weighted by Crippen LogP contribution is -2.13. The van der Waals surface area contributed by atoms with E-state index in [1.807, 2.05) is 51.1 Å². The van der Waals surface area contributed by atoms with E-state index in [9.17, 15) is 9.59 Å². The molecule has 2 aromatic carbocycles. The summed E-state index contributed by atoms with van der Waals surface area (Å²) >= 11 is 3.53. The number of nitrogens with one attached hydrogen (secondary N) is 1. The Bertz CT molecular complexity index is 686. The van der Waals surface area contributed by atoms with Crippen molar-refractivity contribution in [1.29, 1.82) is 0 Å². The molecular formula is C24H34BrNO2. The van der Waals surface area contributed by atoms with Gasteiger partial charge < -0.3 is 10.1 Å². The summed E-state index contributed by atoms with van der Waals surface area (Å²) in [6.07, 6.45) is 4.04. The fourth-order valence-corrected chi connectivity index (χ4v) is 2.86. The van der Waals surface area contributed by atoms with Gasteiger partial charge >= 0.3 is 0 Å². The number of amides is 1. The molecule has 0 saturated carbocycles. The van der Waals surface area contributed by atoms with Crippen LogP contribution in [-0.2, 0) is 9.59 Å². The second kappa shape index (κ2) is 16.1. The monoisotopic (exact) mass is 447 g/mol. The zero-order valence-electron chi connectivity index (χ0n) is 17.8. The highest BCUT2D eigenvalue weighted by Gasteiger charge is 2.14. The van der Waals surface area contributed by atoms with E-state index in [4.69, 9.17) is 0 Å². The van der Waals surface area contributed by atoms with Gasteiger partial charge in [-0.1, -0.05) is 87.3 Å². The summed E-state index contributed by atoms with van der Waals surface area (Å²) in [6.45, 7) is 10.1. The van der Waals surface area contributed by atoms with E-state index < -0.39 is 0 Å². The van der Waals surface area contributed by atoms with Gasteiger partial charge in [0.25, 0.3) is 0 Å². The molecule has 4 heteroatoms. The quantitative estimate of drug-likeness (QED) is 0.450. The molecule has 1 atom stereocenters. The van der Waals surface area contributed by atoms with Crippen molar-refractivity contribution in [3.63, 3.8) is 0 Å². The van der Waals surface area contributed by atoms with Gasteiger partial charge in [-0.05, 0) is 35.7 Å². The maximum atomic E-state index is 12.0. The number of halogens is 1. The summed E-state index contributed by atoms with van der Waals surface area (Å²) in [5.41, 5.74) is 3.27. The van der Waals surface area contributed by atoms with Gasteiger partial charge in [0.2, 0.25) is 5.91 Å². The number of aldehydes is 1. The van der Waals surface area contributed by atoms with Crippen molar-refractivity contribution in [2.45, 2.75) is 66.2 Å². The van der Waals surface area contributed by atoms with E-state index in [-0.39, 0.29) is 11.8 Å². The first-order chi connectivity index (χ1) is 13.5. The summed E-state index contributed by atoms with van der Waals surface area (Å²) in [5, 5.41) is 3.06. The lowest BCUT2D eigenvalue weighted by atomic mass is 9.92. The molecule has 0 aliphatic heterocycles. The summed E-state index contributed by atoms with van der Waals surface area (Å²) in [5.74, 6) is 0.311. The SMILES string of the molecule is CC.CCC=O.CCCCC(=O)Nc1ccc(Br)cc1C(C)c1ccccc1. The van der Waals surface area contributed by atoms with E-state index in [1.54, 1.807) is 0 Å². The highest BCUT2D eigenvalue weighted by molar-refractivity contribution is 9.10. The van der Waals surface area contributed by atoms with Gasteiger partial charge in [0.05, 0.1) is 0 Å². The first-order valence-electron chi connectivity index (χ1n) is 10.1. The zero-order chi connectivity index (χ0) is 21.4. The molecule has 0 heterocycles. The van der Waals surface area contributed by atoms with Crippen LogP contribution < -0.4 is 5.32 Å². The van der Waals surface area contributed by atoms with Crippen LogP contribution in [0.4, 0.5) is 5.69 Å².